The van der Waals surface area contributed by atoms with Gasteiger partial charge in [0.2, 0.25) is 0 Å². The van der Waals surface area contributed by atoms with E-state index in [0.29, 0.717) is 23.9 Å². The predicted molar refractivity (Wildman–Crippen MR) is 92.2 cm³/mol. The van der Waals surface area contributed by atoms with Crippen LogP contribution in [0.4, 0.5) is 0 Å². The van der Waals surface area contributed by atoms with E-state index >= 15 is 0 Å². The van der Waals surface area contributed by atoms with E-state index < -0.39 is 0 Å². The monoisotopic (exact) mass is 345 g/mol. The fraction of sp³-hybridized carbons (Fsp3) is 0.444. The smallest absolute Gasteiger partial charge is 0.254 e. The highest BCUT2D eigenvalue weighted by Gasteiger charge is 2.25. The van der Waals surface area contributed by atoms with Gasteiger partial charge in [0.15, 0.2) is 0 Å². The van der Waals surface area contributed by atoms with Gasteiger partial charge in [0.25, 0.3) is 5.56 Å². The lowest BCUT2D eigenvalue weighted by molar-refractivity contribution is 0.240. The maximum absolute atomic E-state index is 12.3. The molecule has 2 heterocycles. The summed E-state index contributed by atoms with van der Waals surface area (Å²) in [5.41, 5.74) is 2.81. The van der Waals surface area contributed by atoms with Crippen LogP contribution in [0.15, 0.2) is 23.0 Å². The zero-order chi connectivity index (χ0) is 16.7. The number of phenols is 1. The second-order valence-electron chi connectivity index (χ2n) is 6.83. The highest BCUT2D eigenvalue weighted by atomic mass is 35.5. The average Bonchev–Trinajstić information content (AvgIpc) is 3.35. The normalized spacial score (nSPS) is 17.7. The number of halogens is 1. The van der Waals surface area contributed by atoms with E-state index in [-0.39, 0.29) is 11.3 Å². The minimum atomic E-state index is 0.0305. The molecule has 2 N–H and O–H groups in total. The molecule has 126 valence electrons. The Kier molecular flexibility index (Phi) is 4.06. The molecule has 0 radical (unpaired) electrons. The lowest BCUT2D eigenvalue weighted by Crippen LogP contribution is -2.35. The second kappa shape index (κ2) is 6.22. The number of phenolic OH excluding ortho intramolecular Hbond substituents is 1. The van der Waals surface area contributed by atoms with Crippen LogP contribution in [-0.2, 0) is 25.9 Å². The summed E-state index contributed by atoms with van der Waals surface area (Å²) in [6.45, 7) is 2.22. The SMILES string of the molecule is O=c1[nH]c(CC2CC2)nc2c1CCN(Cc1ccc(O)c(Cl)c1)C2. The lowest BCUT2D eigenvalue weighted by Gasteiger charge is -2.27. The van der Waals surface area contributed by atoms with E-state index in [9.17, 15) is 9.90 Å². The van der Waals surface area contributed by atoms with Crippen molar-refractivity contribution in [1.82, 2.24) is 14.9 Å². The summed E-state index contributed by atoms with van der Waals surface area (Å²) in [7, 11) is 0. The molecule has 0 atom stereocenters. The molecule has 4 rings (SSSR count). The van der Waals surface area contributed by atoms with Crippen LogP contribution in [0, 0.1) is 5.92 Å². The number of nitrogens with one attached hydrogen (secondary N) is 1. The fourth-order valence-corrected chi connectivity index (χ4v) is 3.48. The van der Waals surface area contributed by atoms with Crippen molar-refractivity contribution in [2.75, 3.05) is 6.54 Å². The number of aromatic amines is 1. The molecule has 1 saturated carbocycles. The Hall–Kier alpha value is -1.85. The first-order valence-electron chi connectivity index (χ1n) is 8.39. The summed E-state index contributed by atoms with van der Waals surface area (Å²) in [4.78, 5) is 22.2. The molecule has 24 heavy (non-hydrogen) atoms. The molecule has 1 aliphatic carbocycles. The lowest BCUT2D eigenvalue weighted by atomic mass is 10.1. The zero-order valence-electron chi connectivity index (χ0n) is 13.4. The van der Waals surface area contributed by atoms with Crippen LogP contribution in [0.25, 0.3) is 0 Å². The van der Waals surface area contributed by atoms with Crippen molar-refractivity contribution in [2.24, 2.45) is 5.92 Å². The van der Waals surface area contributed by atoms with E-state index in [4.69, 9.17) is 16.6 Å². The number of rotatable bonds is 4. The zero-order valence-corrected chi connectivity index (χ0v) is 14.1. The number of aromatic hydroxyl groups is 1. The average molecular weight is 346 g/mol. The summed E-state index contributed by atoms with van der Waals surface area (Å²) in [5, 5.41) is 9.89. The Morgan fingerprint density at radius 3 is 2.96 bits per heavy atom. The number of H-pyrrole nitrogens is 1. The van der Waals surface area contributed by atoms with E-state index in [1.807, 2.05) is 6.07 Å². The highest BCUT2D eigenvalue weighted by Crippen LogP contribution is 2.31. The number of benzene rings is 1. The number of aromatic nitrogens is 2. The largest absolute Gasteiger partial charge is 0.506 e. The summed E-state index contributed by atoms with van der Waals surface area (Å²) in [6.07, 6.45) is 4.09. The quantitative estimate of drug-likeness (QED) is 0.893. The molecule has 0 bridgehead atoms. The number of hydrogen-bond donors (Lipinski definition) is 2. The Balaban J connectivity index is 1.52. The van der Waals surface area contributed by atoms with Gasteiger partial charge >= 0.3 is 0 Å². The number of hydrogen-bond acceptors (Lipinski definition) is 4. The van der Waals surface area contributed by atoms with Gasteiger partial charge in [-0.3, -0.25) is 9.69 Å². The molecule has 1 aliphatic heterocycles. The number of fused-ring (bicyclic) bond motifs is 1. The van der Waals surface area contributed by atoms with Gasteiger partial charge in [-0.2, -0.15) is 0 Å². The Labute approximate surface area is 145 Å². The van der Waals surface area contributed by atoms with E-state index in [1.54, 1.807) is 12.1 Å². The third-order valence-corrected chi connectivity index (χ3v) is 5.10. The van der Waals surface area contributed by atoms with Crippen LogP contribution in [0.2, 0.25) is 5.02 Å². The summed E-state index contributed by atoms with van der Waals surface area (Å²) in [5.74, 6) is 1.63. The predicted octanol–water partition coefficient (Wildman–Crippen LogP) is 2.64. The molecule has 1 fully saturated rings. The molecule has 5 nitrogen and oxygen atoms in total. The maximum Gasteiger partial charge on any atom is 0.254 e. The second-order valence-corrected chi connectivity index (χ2v) is 7.24. The third kappa shape index (κ3) is 3.32. The van der Waals surface area contributed by atoms with Crippen molar-refractivity contribution >= 4 is 11.6 Å². The van der Waals surface area contributed by atoms with E-state index in [0.717, 1.165) is 42.2 Å². The van der Waals surface area contributed by atoms with Crippen LogP contribution in [0.5, 0.6) is 5.75 Å². The first kappa shape index (κ1) is 15.7. The minimum Gasteiger partial charge on any atom is -0.506 e. The van der Waals surface area contributed by atoms with Gasteiger partial charge in [-0.15, -0.1) is 0 Å². The highest BCUT2D eigenvalue weighted by molar-refractivity contribution is 6.32. The summed E-state index contributed by atoms with van der Waals surface area (Å²) in [6, 6.07) is 5.28. The molecule has 0 amide bonds. The van der Waals surface area contributed by atoms with Crippen LogP contribution < -0.4 is 5.56 Å². The topological polar surface area (TPSA) is 69.2 Å². The third-order valence-electron chi connectivity index (χ3n) is 4.80. The van der Waals surface area contributed by atoms with E-state index in [2.05, 4.69) is 9.88 Å². The van der Waals surface area contributed by atoms with Crippen molar-refractivity contribution in [2.45, 2.75) is 38.8 Å². The van der Waals surface area contributed by atoms with Crippen LogP contribution in [0.3, 0.4) is 0 Å². The van der Waals surface area contributed by atoms with Crippen molar-refractivity contribution in [3.63, 3.8) is 0 Å². The molecule has 2 aliphatic rings. The molecule has 1 aromatic carbocycles. The van der Waals surface area contributed by atoms with Gasteiger partial charge in [0, 0.05) is 31.6 Å². The molecule has 0 unspecified atom stereocenters. The first-order chi connectivity index (χ1) is 11.6. The standard InChI is InChI=1S/C18H20ClN3O2/c19-14-7-12(3-4-16(14)23)9-22-6-5-13-15(10-22)20-17(21-18(13)24)8-11-1-2-11/h3-4,7,11,23H,1-2,5-6,8-10H2,(H,20,21,24). The van der Waals surface area contributed by atoms with Gasteiger partial charge in [-0.1, -0.05) is 17.7 Å². The van der Waals surface area contributed by atoms with Crippen LogP contribution in [0.1, 0.15) is 35.5 Å². The van der Waals surface area contributed by atoms with Gasteiger partial charge in [0.1, 0.15) is 11.6 Å². The summed E-state index contributed by atoms with van der Waals surface area (Å²) >= 11 is 5.98. The minimum absolute atomic E-state index is 0.0305. The Morgan fingerprint density at radius 1 is 1.38 bits per heavy atom. The molecular formula is C18H20ClN3O2. The Morgan fingerprint density at radius 2 is 2.21 bits per heavy atom. The number of nitrogens with zero attached hydrogens (tertiary/aromatic N) is 2. The van der Waals surface area contributed by atoms with Crippen molar-refractivity contribution in [3.8, 4) is 5.75 Å². The van der Waals surface area contributed by atoms with Crippen molar-refractivity contribution < 1.29 is 5.11 Å². The van der Waals surface area contributed by atoms with Gasteiger partial charge in [-0.05, 0) is 42.9 Å². The van der Waals surface area contributed by atoms with Gasteiger partial charge in [0.05, 0.1) is 10.7 Å². The summed E-state index contributed by atoms with van der Waals surface area (Å²) < 4.78 is 0. The van der Waals surface area contributed by atoms with Gasteiger partial charge in [-0.25, -0.2) is 4.98 Å². The molecule has 2 aromatic rings. The molecule has 0 saturated heterocycles. The maximum atomic E-state index is 12.3. The van der Waals surface area contributed by atoms with Crippen LogP contribution >= 0.6 is 11.6 Å². The van der Waals surface area contributed by atoms with Gasteiger partial charge < -0.3 is 10.1 Å². The first-order valence-corrected chi connectivity index (χ1v) is 8.77. The van der Waals surface area contributed by atoms with Crippen molar-refractivity contribution in [3.05, 3.63) is 56.2 Å². The Bertz CT molecular complexity index is 829. The van der Waals surface area contributed by atoms with E-state index in [1.165, 1.54) is 12.8 Å². The fourth-order valence-electron chi connectivity index (χ4n) is 3.28. The molecule has 0 spiro atoms. The molecule has 6 heteroatoms. The molecular weight excluding hydrogens is 326 g/mol. The molecule has 1 aromatic heterocycles. The van der Waals surface area contributed by atoms with Crippen LogP contribution in [-0.4, -0.2) is 26.5 Å². The van der Waals surface area contributed by atoms with Crippen molar-refractivity contribution in [1.29, 1.82) is 0 Å².